The van der Waals surface area contributed by atoms with Crippen molar-refractivity contribution >= 4 is 57.6 Å². The predicted octanol–water partition coefficient (Wildman–Crippen LogP) is 8.04. The van der Waals surface area contributed by atoms with Gasteiger partial charge in [-0.3, -0.25) is 0 Å². The van der Waals surface area contributed by atoms with Gasteiger partial charge in [-0.1, -0.05) is 65.8 Å². The Morgan fingerprint density at radius 1 is 0.571 bits per heavy atom. The van der Waals surface area contributed by atoms with Crippen LogP contribution in [0.5, 0.6) is 0 Å². The minimum absolute atomic E-state index is 0.110. The van der Waals surface area contributed by atoms with Crippen LogP contribution in [0.4, 0.5) is 0 Å². The van der Waals surface area contributed by atoms with Crippen molar-refractivity contribution in [1.29, 1.82) is 0 Å². The van der Waals surface area contributed by atoms with Crippen molar-refractivity contribution in [3.63, 3.8) is 0 Å². The molecule has 2 heteroatoms. The zero-order valence-corrected chi connectivity index (χ0v) is 19.6. The zero-order valence-electron chi connectivity index (χ0n) is 17.8. The highest BCUT2D eigenvalue weighted by Gasteiger charge is 2.22. The summed E-state index contributed by atoms with van der Waals surface area (Å²) in [6, 6.07) is 14.3. The molecule has 0 nitrogen and oxygen atoms in total. The van der Waals surface area contributed by atoms with Crippen LogP contribution in [0.3, 0.4) is 0 Å². The summed E-state index contributed by atoms with van der Waals surface area (Å²) in [4.78, 5) is 0. The standard InChI is InChI=1S/C26H30S2/c1-25(2,3)19-9-15-7-18(14-28)22-12-20(26(4,5)6)10-16-8-17(13-27)21(11-19)23(15)24(16)22/h7-12,27-28H,13-14H2,1-6H3. The van der Waals surface area contributed by atoms with Gasteiger partial charge in [-0.15, -0.1) is 0 Å². The van der Waals surface area contributed by atoms with Crippen LogP contribution in [0, 0.1) is 0 Å². The maximum Gasteiger partial charge on any atom is 0.0160 e. The molecule has 0 saturated heterocycles. The van der Waals surface area contributed by atoms with Gasteiger partial charge < -0.3 is 0 Å². The van der Waals surface area contributed by atoms with Crippen molar-refractivity contribution < 1.29 is 0 Å². The van der Waals surface area contributed by atoms with Gasteiger partial charge in [-0.25, -0.2) is 0 Å². The van der Waals surface area contributed by atoms with E-state index in [4.69, 9.17) is 0 Å². The summed E-state index contributed by atoms with van der Waals surface area (Å²) in [5.41, 5.74) is 5.61. The molecule has 0 N–H and O–H groups in total. The molecular formula is C26H30S2. The van der Waals surface area contributed by atoms with Gasteiger partial charge in [0.25, 0.3) is 0 Å². The Balaban J connectivity index is 2.27. The molecule has 146 valence electrons. The highest BCUT2D eigenvalue weighted by atomic mass is 32.1. The van der Waals surface area contributed by atoms with E-state index >= 15 is 0 Å². The Bertz CT molecular complexity index is 1090. The normalized spacial score (nSPS) is 13.3. The van der Waals surface area contributed by atoms with E-state index in [9.17, 15) is 0 Å². The first-order valence-corrected chi connectivity index (χ1v) is 11.3. The van der Waals surface area contributed by atoms with E-state index in [-0.39, 0.29) is 10.8 Å². The molecule has 0 atom stereocenters. The van der Waals surface area contributed by atoms with Crippen molar-refractivity contribution in [2.24, 2.45) is 0 Å². The van der Waals surface area contributed by atoms with E-state index < -0.39 is 0 Å². The van der Waals surface area contributed by atoms with E-state index in [1.54, 1.807) is 0 Å². The highest BCUT2D eigenvalue weighted by molar-refractivity contribution is 7.79. The lowest BCUT2D eigenvalue weighted by molar-refractivity contribution is 0.591. The molecule has 28 heavy (non-hydrogen) atoms. The Kier molecular flexibility index (Phi) is 4.67. The molecule has 0 bridgehead atoms. The lowest BCUT2D eigenvalue weighted by Gasteiger charge is -2.25. The number of thiol groups is 2. The van der Waals surface area contributed by atoms with Gasteiger partial charge in [0.15, 0.2) is 0 Å². The molecule has 0 saturated carbocycles. The number of benzene rings is 4. The van der Waals surface area contributed by atoms with E-state index in [0.717, 1.165) is 11.5 Å². The molecule has 0 unspecified atom stereocenters. The van der Waals surface area contributed by atoms with Crippen LogP contribution in [0.25, 0.3) is 32.3 Å². The van der Waals surface area contributed by atoms with Crippen LogP contribution in [-0.4, -0.2) is 0 Å². The van der Waals surface area contributed by atoms with Crippen molar-refractivity contribution in [2.75, 3.05) is 0 Å². The summed E-state index contributed by atoms with van der Waals surface area (Å²) in [6.07, 6.45) is 0. The quantitative estimate of drug-likeness (QED) is 0.244. The molecule has 0 aromatic heterocycles. The molecule has 0 heterocycles. The smallest absolute Gasteiger partial charge is 0.0160 e. The van der Waals surface area contributed by atoms with E-state index in [0.29, 0.717) is 0 Å². The fourth-order valence-corrected chi connectivity index (χ4v) is 4.80. The van der Waals surface area contributed by atoms with Gasteiger partial charge in [0.05, 0.1) is 0 Å². The maximum atomic E-state index is 4.69. The number of hydrogen-bond donors (Lipinski definition) is 2. The Morgan fingerprint density at radius 2 is 0.929 bits per heavy atom. The molecule has 0 aliphatic carbocycles. The first-order valence-electron chi connectivity index (χ1n) is 10.1. The van der Waals surface area contributed by atoms with Crippen LogP contribution >= 0.6 is 25.3 Å². The topological polar surface area (TPSA) is 0 Å². The molecule has 0 radical (unpaired) electrons. The zero-order chi connectivity index (χ0) is 20.4. The van der Waals surface area contributed by atoms with E-state index in [1.165, 1.54) is 54.6 Å². The largest absolute Gasteiger partial charge is 0.175 e. The predicted molar refractivity (Wildman–Crippen MR) is 133 cm³/mol. The van der Waals surface area contributed by atoms with Gasteiger partial charge in [0.1, 0.15) is 0 Å². The molecular weight excluding hydrogens is 376 g/mol. The van der Waals surface area contributed by atoms with Crippen LogP contribution in [0.1, 0.15) is 63.8 Å². The minimum Gasteiger partial charge on any atom is -0.175 e. The molecule has 0 fully saturated rings. The Hall–Kier alpha value is -1.38. The maximum absolute atomic E-state index is 4.69. The second-order valence-electron chi connectivity index (χ2n) is 10.1. The van der Waals surface area contributed by atoms with Crippen LogP contribution < -0.4 is 0 Å². The first kappa shape index (κ1) is 19.9. The SMILES string of the molecule is CC(C)(C)c1cc2cc(CS)c3cc(C(C)(C)C)cc4cc(CS)c(c1)c2c43. The third kappa shape index (κ3) is 3.09. The van der Waals surface area contributed by atoms with Crippen molar-refractivity contribution in [2.45, 2.75) is 63.9 Å². The monoisotopic (exact) mass is 406 g/mol. The number of hydrogen-bond acceptors (Lipinski definition) is 2. The Labute approximate surface area is 179 Å². The van der Waals surface area contributed by atoms with Crippen molar-refractivity contribution in [3.8, 4) is 0 Å². The fourth-order valence-electron chi connectivity index (χ4n) is 4.28. The average molecular weight is 407 g/mol. The summed E-state index contributed by atoms with van der Waals surface area (Å²) in [5.74, 6) is 1.50. The number of rotatable bonds is 2. The summed E-state index contributed by atoms with van der Waals surface area (Å²) < 4.78 is 0. The van der Waals surface area contributed by atoms with Gasteiger partial charge in [-0.2, -0.15) is 25.3 Å². The molecule has 4 aromatic rings. The van der Waals surface area contributed by atoms with Gasteiger partial charge in [-0.05, 0) is 77.5 Å². The molecule has 4 aromatic carbocycles. The summed E-state index contributed by atoms with van der Waals surface area (Å²) in [7, 11) is 0. The summed E-state index contributed by atoms with van der Waals surface area (Å²) in [6.45, 7) is 13.7. The van der Waals surface area contributed by atoms with Crippen LogP contribution in [0.15, 0.2) is 36.4 Å². The molecule has 0 amide bonds. The van der Waals surface area contributed by atoms with Crippen molar-refractivity contribution in [1.82, 2.24) is 0 Å². The Morgan fingerprint density at radius 3 is 1.21 bits per heavy atom. The van der Waals surface area contributed by atoms with Crippen LogP contribution in [-0.2, 0) is 22.3 Å². The van der Waals surface area contributed by atoms with E-state index in [2.05, 4.69) is 103 Å². The lowest BCUT2D eigenvalue weighted by Crippen LogP contribution is -2.12. The van der Waals surface area contributed by atoms with Gasteiger partial charge >= 0.3 is 0 Å². The third-order valence-electron chi connectivity index (χ3n) is 6.01. The first-order chi connectivity index (χ1) is 13.0. The molecule has 0 aliphatic rings. The third-order valence-corrected chi connectivity index (χ3v) is 6.69. The van der Waals surface area contributed by atoms with Gasteiger partial charge in [0, 0.05) is 11.5 Å². The second-order valence-corrected chi connectivity index (χ2v) is 10.8. The fraction of sp³-hybridized carbons (Fsp3) is 0.385. The molecule has 0 spiro atoms. The average Bonchev–Trinajstić information content (AvgIpc) is 2.62. The summed E-state index contributed by atoms with van der Waals surface area (Å²) in [5, 5.41) is 8.13. The molecule has 4 rings (SSSR count). The van der Waals surface area contributed by atoms with Crippen molar-refractivity contribution in [3.05, 3.63) is 58.7 Å². The highest BCUT2D eigenvalue weighted by Crippen LogP contribution is 2.43. The lowest BCUT2D eigenvalue weighted by atomic mass is 9.79. The van der Waals surface area contributed by atoms with E-state index in [1.807, 2.05) is 0 Å². The summed E-state index contributed by atoms with van der Waals surface area (Å²) >= 11 is 9.38. The second kappa shape index (κ2) is 6.57. The minimum atomic E-state index is 0.110. The van der Waals surface area contributed by atoms with Gasteiger partial charge in [0.2, 0.25) is 0 Å². The van der Waals surface area contributed by atoms with Crippen LogP contribution in [0.2, 0.25) is 0 Å². The molecule has 0 aliphatic heterocycles.